The zero-order valence-corrected chi connectivity index (χ0v) is 7.76. The van der Waals surface area contributed by atoms with Crippen molar-refractivity contribution in [3.05, 3.63) is 18.2 Å². The van der Waals surface area contributed by atoms with Crippen LogP contribution in [0.25, 0.3) is 0 Å². The van der Waals surface area contributed by atoms with Gasteiger partial charge in [-0.1, -0.05) is 6.07 Å². The molecule has 0 saturated carbocycles. The van der Waals surface area contributed by atoms with Crippen LogP contribution < -0.4 is 14.9 Å². The monoisotopic (exact) mass is 205 g/mol. The van der Waals surface area contributed by atoms with Gasteiger partial charge >= 0.3 is 6.98 Å². The Morgan fingerprint density at radius 3 is 2.00 bits per heavy atom. The van der Waals surface area contributed by atoms with Gasteiger partial charge in [0.25, 0.3) is 0 Å². The van der Waals surface area contributed by atoms with E-state index in [-0.39, 0.29) is 11.5 Å². The third kappa shape index (κ3) is 2.13. The topological polar surface area (TPSA) is 18.5 Å². The highest BCUT2D eigenvalue weighted by molar-refractivity contribution is 6.73. The Morgan fingerprint density at radius 1 is 1.00 bits per heavy atom. The van der Waals surface area contributed by atoms with E-state index in [4.69, 9.17) is 9.47 Å². The number of ether oxygens (including phenoxy) is 2. The average molecular weight is 205 g/mol. The fourth-order valence-corrected chi connectivity index (χ4v) is 1.06. The molecule has 0 spiro atoms. The first-order chi connectivity index (χ1) is 6.49. The minimum absolute atomic E-state index is 0.0872. The third-order valence-electron chi connectivity index (χ3n) is 1.79. The summed E-state index contributed by atoms with van der Waals surface area (Å²) in [6, 6.07) is 3.14. The lowest BCUT2D eigenvalue weighted by molar-refractivity contribution is 0.355. The van der Waals surface area contributed by atoms with Crippen LogP contribution in [0.15, 0.2) is 18.2 Å². The molecule has 0 amide bonds. The van der Waals surface area contributed by atoms with E-state index in [1.54, 1.807) is 0 Å². The summed E-state index contributed by atoms with van der Waals surface area (Å²) in [5.41, 5.74) is -0.692. The summed E-state index contributed by atoms with van der Waals surface area (Å²) in [5, 5.41) is 0. The standard InChI is InChI=1S/C8H9BF3O2/c1-13-7-4-3-6(9(10,11)12)5-8(7)14-2/h3-5H,1-2H3/q-1. The smallest absolute Gasteiger partial charge is 0.493 e. The van der Waals surface area contributed by atoms with Gasteiger partial charge in [0.2, 0.25) is 0 Å². The number of benzene rings is 1. The first kappa shape index (κ1) is 10.8. The first-order valence-corrected chi connectivity index (χ1v) is 3.91. The van der Waals surface area contributed by atoms with Gasteiger partial charge < -0.3 is 22.4 Å². The maximum atomic E-state index is 12.3. The molecule has 0 fully saturated rings. The van der Waals surface area contributed by atoms with Crippen LogP contribution in [-0.2, 0) is 0 Å². The Balaban J connectivity index is 3.14. The number of hydrogen-bond donors (Lipinski definition) is 0. The van der Waals surface area contributed by atoms with E-state index in [0.29, 0.717) is 0 Å². The van der Waals surface area contributed by atoms with Crippen molar-refractivity contribution in [2.45, 2.75) is 0 Å². The molecule has 0 aliphatic rings. The van der Waals surface area contributed by atoms with E-state index in [9.17, 15) is 12.9 Å². The SMILES string of the molecule is COc1ccc([B-](F)(F)F)cc1OC. The van der Waals surface area contributed by atoms with Crippen LogP contribution in [0.1, 0.15) is 0 Å². The third-order valence-corrected chi connectivity index (χ3v) is 1.79. The minimum atomic E-state index is -4.99. The molecule has 0 atom stereocenters. The summed E-state index contributed by atoms with van der Waals surface area (Å²) in [6.45, 7) is -4.99. The Kier molecular flexibility index (Phi) is 2.93. The lowest BCUT2D eigenvalue weighted by Crippen LogP contribution is -2.33. The van der Waals surface area contributed by atoms with Crippen LogP contribution in [0.3, 0.4) is 0 Å². The summed E-state index contributed by atoms with van der Waals surface area (Å²) in [7, 11) is 2.67. The minimum Gasteiger partial charge on any atom is -0.493 e. The molecule has 0 radical (unpaired) electrons. The zero-order valence-electron chi connectivity index (χ0n) is 7.76. The first-order valence-electron chi connectivity index (χ1n) is 3.91. The van der Waals surface area contributed by atoms with Gasteiger partial charge in [-0.15, -0.1) is 5.46 Å². The van der Waals surface area contributed by atoms with Gasteiger partial charge in [0.05, 0.1) is 14.2 Å². The van der Waals surface area contributed by atoms with Gasteiger partial charge in [0, 0.05) is 0 Å². The molecule has 0 N–H and O–H groups in total. The van der Waals surface area contributed by atoms with Crippen LogP contribution in [0, 0.1) is 0 Å². The number of halogens is 3. The summed E-state index contributed by atoms with van der Waals surface area (Å²) in [4.78, 5) is 0. The summed E-state index contributed by atoms with van der Waals surface area (Å²) in [6.07, 6.45) is 0. The molecule has 78 valence electrons. The highest BCUT2D eigenvalue weighted by atomic mass is 19.4. The lowest BCUT2D eigenvalue weighted by Gasteiger charge is -2.16. The lowest BCUT2D eigenvalue weighted by atomic mass is 9.80. The number of methoxy groups -OCH3 is 2. The van der Waals surface area contributed by atoms with Crippen LogP contribution in [0.4, 0.5) is 12.9 Å². The molecule has 2 nitrogen and oxygen atoms in total. The van der Waals surface area contributed by atoms with Crippen molar-refractivity contribution in [2.75, 3.05) is 14.2 Å². The van der Waals surface area contributed by atoms with E-state index < -0.39 is 12.4 Å². The van der Waals surface area contributed by atoms with Crippen LogP contribution in [-0.4, -0.2) is 21.2 Å². The molecule has 6 heteroatoms. The van der Waals surface area contributed by atoms with Crippen molar-refractivity contribution in [1.82, 2.24) is 0 Å². The van der Waals surface area contributed by atoms with Crippen LogP contribution in [0.5, 0.6) is 11.5 Å². The number of rotatable bonds is 3. The highest BCUT2D eigenvalue weighted by Gasteiger charge is 2.26. The molecule has 1 aromatic carbocycles. The molecule has 0 aliphatic heterocycles. The van der Waals surface area contributed by atoms with E-state index in [0.717, 1.165) is 12.1 Å². The van der Waals surface area contributed by atoms with Crippen LogP contribution in [0.2, 0.25) is 0 Å². The van der Waals surface area contributed by atoms with Gasteiger partial charge in [-0.25, -0.2) is 0 Å². The summed E-state index contributed by atoms with van der Waals surface area (Å²) >= 11 is 0. The van der Waals surface area contributed by atoms with Gasteiger partial charge in [-0.2, -0.15) is 0 Å². The summed E-state index contributed by atoms with van der Waals surface area (Å²) < 4.78 is 46.5. The molecule has 0 bridgehead atoms. The van der Waals surface area contributed by atoms with E-state index in [1.165, 1.54) is 20.3 Å². The molecule has 1 aromatic rings. The Bertz CT molecular complexity index is 325. The maximum absolute atomic E-state index is 12.3. The molecule has 0 saturated heterocycles. The molecular weight excluding hydrogens is 196 g/mol. The van der Waals surface area contributed by atoms with Crippen molar-refractivity contribution in [2.24, 2.45) is 0 Å². The number of hydrogen-bond acceptors (Lipinski definition) is 2. The molecule has 0 aliphatic carbocycles. The summed E-state index contributed by atoms with van der Waals surface area (Å²) in [5.74, 6) is 0.375. The molecule has 14 heavy (non-hydrogen) atoms. The Hall–Kier alpha value is -1.33. The van der Waals surface area contributed by atoms with Gasteiger partial charge in [-0.05, 0) is 12.1 Å². The molecule has 1 rings (SSSR count). The molecule has 0 unspecified atom stereocenters. The van der Waals surface area contributed by atoms with Crippen LogP contribution >= 0.6 is 0 Å². The second kappa shape index (κ2) is 3.81. The van der Waals surface area contributed by atoms with E-state index in [2.05, 4.69) is 0 Å². The van der Waals surface area contributed by atoms with Crippen molar-refractivity contribution in [3.8, 4) is 11.5 Å². The largest absolute Gasteiger partial charge is 0.509 e. The fourth-order valence-electron chi connectivity index (χ4n) is 1.06. The molecule has 0 heterocycles. The molecular formula is C8H9BF3O2-. The normalized spacial score (nSPS) is 11.2. The van der Waals surface area contributed by atoms with Gasteiger partial charge in [0.1, 0.15) is 0 Å². The predicted octanol–water partition coefficient (Wildman–Crippen LogP) is 1.76. The highest BCUT2D eigenvalue weighted by Crippen LogP contribution is 2.26. The van der Waals surface area contributed by atoms with Gasteiger partial charge in [-0.3, -0.25) is 0 Å². The van der Waals surface area contributed by atoms with Crippen molar-refractivity contribution >= 4 is 12.4 Å². The van der Waals surface area contributed by atoms with Crippen molar-refractivity contribution in [3.63, 3.8) is 0 Å². The molecule has 0 aromatic heterocycles. The second-order valence-electron chi connectivity index (χ2n) is 2.69. The van der Waals surface area contributed by atoms with E-state index >= 15 is 0 Å². The maximum Gasteiger partial charge on any atom is 0.509 e. The van der Waals surface area contributed by atoms with Gasteiger partial charge in [0.15, 0.2) is 11.5 Å². The van der Waals surface area contributed by atoms with E-state index in [1.807, 2.05) is 0 Å². The average Bonchev–Trinajstić information content (AvgIpc) is 2.15. The predicted molar refractivity (Wildman–Crippen MR) is 48.3 cm³/mol. The van der Waals surface area contributed by atoms with Crippen molar-refractivity contribution in [1.29, 1.82) is 0 Å². The zero-order chi connectivity index (χ0) is 10.8. The quantitative estimate of drug-likeness (QED) is 0.699. The fraction of sp³-hybridized carbons (Fsp3) is 0.250. The Labute approximate surface area is 79.7 Å². The second-order valence-corrected chi connectivity index (χ2v) is 2.69. The Morgan fingerprint density at radius 2 is 1.57 bits per heavy atom. The van der Waals surface area contributed by atoms with Crippen molar-refractivity contribution < 1.29 is 22.4 Å².